The maximum atomic E-state index is 6.67. The molecule has 0 saturated heterocycles. The zero-order valence-electron chi connectivity index (χ0n) is 17.5. The number of benzene rings is 1. The molecule has 1 aliphatic heterocycles. The third-order valence-corrected chi connectivity index (χ3v) is 6.86. The van der Waals surface area contributed by atoms with E-state index in [1.54, 1.807) is 5.57 Å². The Morgan fingerprint density at radius 2 is 1.19 bits per heavy atom. The molecule has 1 fully saturated rings. The van der Waals surface area contributed by atoms with E-state index in [2.05, 4.69) is 33.8 Å². The van der Waals surface area contributed by atoms with Gasteiger partial charge in [-0.3, -0.25) is 0 Å². The maximum Gasteiger partial charge on any atom is 0.130 e. The van der Waals surface area contributed by atoms with Crippen LogP contribution in [-0.4, -0.2) is 6.10 Å². The van der Waals surface area contributed by atoms with Crippen molar-refractivity contribution in [2.75, 3.05) is 0 Å². The third-order valence-electron chi connectivity index (χ3n) is 6.86. The molecule has 0 aromatic heterocycles. The van der Waals surface area contributed by atoms with Gasteiger partial charge in [0.2, 0.25) is 0 Å². The Morgan fingerprint density at radius 3 is 1.85 bits per heavy atom. The average molecular weight is 355 g/mol. The summed E-state index contributed by atoms with van der Waals surface area (Å²) in [6.07, 6.45) is 19.1. The minimum Gasteiger partial charge on any atom is -0.485 e. The monoisotopic (exact) mass is 354 g/mol. The molecule has 0 N–H and O–H groups in total. The van der Waals surface area contributed by atoms with E-state index in [9.17, 15) is 0 Å². The smallest absolute Gasteiger partial charge is 0.130 e. The van der Waals surface area contributed by atoms with Crippen LogP contribution in [0.2, 0.25) is 0 Å². The molecule has 1 aromatic rings. The minimum absolute atomic E-state index is 0.311. The molecule has 1 saturated carbocycles. The molecule has 1 heterocycles. The summed E-state index contributed by atoms with van der Waals surface area (Å²) in [7, 11) is 0. The summed E-state index contributed by atoms with van der Waals surface area (Å²) in [4.78, 5) is 0. The molecule has 1 nitrogen and oxygen atoms in total. The van der Waals surface area contributed by atoms with Gasteiger partial charge in [0.05, 0.1) is 0 Å². The molecule has 144 valence electrons. The molecule has 1 atom stereocenters. The van der Waals surface area contributed by atoms with Crippen molar-refractivity contribution in [1.29, 1.82) is 0 Å². The van der Waals surface area contributed by atoms with Crippen molar-refractivity contribution in [3.63, 3.8) is 0 Å². The molecule has 1 aromatic carbocycles. The van der Waals surface area contributed by atoms with E-state index in [4.69, 9.17) is 4.74 Å². The Morgan fingerprint density at radius 1 is 0.654 bits per heavy atom. The first kappa shape index (κ1) is 19.5. The summed E-state index contributed by atoms with van der Waals surface area (Å²) in [5.41, 5.74) is 8.50. The van der Waals surface area contributed by atoms with Gasteiger partial charge < -0.3 is 4.74 Å². The molecule has 0 amide bonds. The SMILES string of the molecule is Cc1c(C)c(C)c2c(c1C)C=C1CCCCCCCCCCCCC1O2. The summed E-state index contributed by atoms with van der Waals surface area (Å²) in [6.45, 7) is 9.01. The fourth-order valence-corrected chi connectivity index (χ4v) is 4.68. The first-order chi connectivity index (χ1) is 12.6. The normalized spacial score (nSPS) is 22.5. The highest BCUT2D eigenvalue weighted by Gasteiger charge is 2.26. The molecule has 0 radical (unpaired) electrons. The van der Waals surface area contributed by atoms with Gasteiger partial charge in [-0.05, 0) is 87.3 Å². The largest absolute Gasteiger partial charge is 0.485 e. The predicted octanol–water partition coefficient (Wildman–Crippen LogP) is 7.76. The van der Waals surface area contributed by atoms with E-state index >= 15 is 0 Å². The second-order valence-electron chi connectivity index (χ2n) is 8.64. The van der Waals surface area contributed by atoms with Gasteiger partial charge in [-0.2, -0.15) is 0 Å². The number of rotatable bonds is 0. The van der Waals surface area contributed by atoms with E-state index in [1.807, 2.05) is 0 Å². The zero-order valence-corrected chi connectivity index (χ0v) is 17.5. The Bertz CT molecular complexity index is 653. The van der Waals surface area contributed by atoms with Gasteiger partial charge in [0.15, 0.2) is 0 Å². The molecule has 0 bridgehead atoms. The van der Waals surface area contributed by atoms with Gasteiger partial charge >= 0.3 is 0 Å². The maximum absolute atomic E-state index is 6.67. The van der Waals surface area contributed by atoms with Crippen molar-refractivity contribution in [3.8, 4) is 5.75 Å². The Hall–Kier alpha value is -1.24. The Kier molecular flexibility index (Phi) is 6.84. The van der Waals surface area contributed by atoms with Gasteiger partial charge in [-0.1, -0.05) is 51.4 Å². The number of ether oxygens (including phenoxy) is 1. The van der Waals surface area contributed by atoms with Crippen LogP contribution in [0.5, 0.6) is 5.75 Å². The van der Waals surface area contributed by atoms with Crippen LogP contribution in [0, 0.1) is 27.7 Å². The summed E-state index contributed by atoms with van der Waals surface area (Å²) < 4.78 is 6.67. The van der Waals surface area contributed by atoms with Crippen molar-refractivity contribution in [3.05, 3.63) is 33.4 Å². The molecule has 1 unspecified atom stereocenters. The molecule has 2 aliphatic rings. The van der Waals surface area contributed by atoms with Gasteiger partial charge in [0.1, 0.15) is 11.9 Å². The highest BCUT2D eigenvalue weighted by Crippen LogP contribution is 2.41. The summed E-state index contributed by atoms with van der Waals surface area (Å²) >= 11 is 0. The van der Waals surface area contributed by atoms with Crippen LogP contribution >= 0.6 is 0 Å². The van der Waals surface area contributed by atoms with E-state index in [0.29, 0.717) is 6.10 Å². The van der Waals surface area contributed by atoms with Crippen LogP contribution in [0.3, 0.4) is 0 Å². The summed E-state index contributed by atoms with van der Waals surface area (Å²) in [5.74, 6) is 1.17. The Labute approximate surface area is 161 Å². The second-order valence-corrected chi connectivity index (χ2v) is 8.64. The average Bonchev–Trinajstić information content (AvgIpc) is 2.65. The van der Waals surface area contributed by atoms with E-state index < -0.39 is 0 Å². The van der Waals surface area contributed by atoms with Crippen LogP contribution in [0.4, 0.5) is 0 Å². The van der Waals surface area contributed by atoms with Crippen molar-refractivity contribution in [1.82, 2.24) is 0 Å². The zero-order chi connectivity index (χ0) is 18.5. The van der Waals surface area contributed by atoms with Crippen LogP contribution in [0.25, 0.3) is 6.08 Å². The van der Waals surface area contributed by atoms with Gasteiger partial charge in [0, 0.05) is 5.56 Å². The van der Waals surface area contributed by atoms with Crippen LogP contribution in [-0.2, 0) is 0 Å². The van der Waals surface area contributed by atoms with Crippen LogP contribution < -0.4 is 4.74 Å². The lowest BCUT2D eigenvalue weighted by molar-refractivity contribution is 0.211. The Balaban J connectivity index is 1.85. The van der Waals surface area contributed by atoms with Gasteiger partial charge in [0.25, 0.3) is 0 Å². The second kappa shape index (κ2) is 9.11. The highest BCUT2D eigenvalue weighted by molar-refractivity contribution is 5.71. The lowest BCUT2D eigenvalue weighted by Gasteiger charge is -2.31. The summed E-state index contributed by atoms with van der Waals surface area (Å²) in [5, 5.41) is 0. The molecule has 1 heteroatoms. The molecule has 0 spiro atoms. The quantitative estimate of drug-likeness (QED) is 0.462. The first-order valence-electron chi connectivity index (χ1n) is 11.1. The minimum atomic E-state index is 0.311. The molecule has 26 heavy (non-hydrogen) atoms. The van der Waals surface area contributed by atoms with Gasteiger partial charge in [-0.25, -0.2) is 0 Å². The number of fused-ring (bicyclic) bond motifs is 2. The van der Waals surface area contributed by atoms with Crippen molar-refractivity contribution in [2.45, 2.75) is 111 Å². The van der Waals surface area contributed by atoms with E-state index in [0.717, 1.165) is 0 Å². The van der Waals surface area contributed by atoms with Crippen LogP contribution in [0.15, 0.2) is 5.57 Å². The van der Waals surface area contributed by atoms with Crippen LogP contribution in [0.1, 0.15) is 105 Å². The lowest BCUT2D eigenvalue weighted by Crippen LogP contribution is -2.24. The van der Waals surface area contributed by atoms with E-state index in [1.165, 1.54) is 111 Å². The number of hydrogen-bond donors (Lipinski definition) is 0. The topological polar surface area (TPSA) is 9.23 Å². The fraction of sp³-hybridized carbons (Fsp3) is 0.680. The fourth-order valence-electron chi connectivity index (χ4n) is 4.68. The van der Waals surface area contributed by atoms with Gasteiger partial charge in [-0.15, -0.1) is 0 Å². The first-order valence-corrected chi connectivity index (χ1v) is 11.1. The summed E-state index contributed by atoms with van der Waals surface area (Å²) in [6, 6.07) is 0. The predicted molar refractivity (Wildman–Crippen MR) is 113 cm³/mol. The molecular formula is C25H38O. The molecule has 3 rings (SSSR count). The molecular weight excluding hydrogens is 316 g/mol. The van der Waals surface area contributed by atoms with Crippen molar-refractivity contribution in [2.24, 2.45) is 0 Å². The lowest BCUT2D eigenvalue weighted by atomic mass is 9.87. The molecule has 1 aliphatic carbocycles. The third kappa shape index (κ3) is 4.35. The van der Waals surface area contributed by atoms with Crippen molar-refractivity contribution >= 4 is 6.08 Å². The standard InChI is InChI=1S/C25H38O/c1-18-19(2)21(4)25-23(20(18)3)17-22-15-13-11-9-7-5-6-8-10-12-14-16-24(22)26-25/h17,24H,5-16H2,1-4H3. The van der Waals surface area contributed by atoms with E-state index in [-0.39, 0.29) is 0 Å². The highest BCUT2D eigenvalue weighted by atomic mass is 16.5. The van der Waals surface area contributed by atoms with Crippen molar-refractivity contribution < 1.29 is 4.74 Å². The number of hydrogen-bond acceptors (Lipinski definition) is 1.